The number of halogens is 1. The summed E-state index contributed by atoms with van der Waals surface area (Å²) in [6.07, 6.45) is 0.874. The summed E-state index contributed by atoms with van der Waals surface area (Å²) < 4.78 is 2.02. The van der Waals surface area contributed by atoms with E-state index in [2.05, 4.69) is 29.5 Å². The van der Waals surface area contributed by atoms with Crippen LogP contribution in [0, 0.1) is 26.7 Å². The number of aryl methyl sites for hydroxylation is 2. The molecule has 0 radical (unpaired) electrons. The Morgan fingerprint density at radius 2 is 2.00 bits per heavy atom. The molecule has 1 aliphatic heterocycles. The van der Waals surface area contributed by atoms with Crippen molar-refractivity contribution in [3.63, 3.8) is 0 Å². The second kappa shape index (κ2) is 7.79. The number of nitrogens with two attached hydrogens (primary N) is 1. The van der Waals surface area contributed by atoms with E-state index in [4.69, 9.17) is 22.4 Å². The maximum atomic E-state index is 11.9. The van der Waals surface area contributed by atoms with Crippen molar-refractivity contribution in [3.8, 4) is 5.00 Å². The molecule has 0 saturated carbocycles. The Labute approximate surface area is 177 Å². The monoisotopic (exact) mass is 428 g/mol. The van der Waals surface area contributed by atoms with Gasteiger partial charge in [-0.25, -0.2) is 0 Å². The molecule has 3 N–H and O–H groups in total. The fraction of sp³-hybridized carbons (Fsp3) is 0.300. The molecule has 1 aromatic carbocycles. The second-order valence-corrected chi connectivity index (χ2v) is 8.68. The van der Waals surface area contributed by atoms with Crippen LogP contribution in [-0.2, 0) is 4.79 Å². The van der Waals surface area contributed by atoms with Crippen molar-refractivity contribution in [3.05, 3.63) is 62.5 Å². The highest BCUT2D eigenvalue weighted by molar-refractivity contribution is 7.15. The number of nitrogens with one attached hydrogen (secondary N) is 1. The van der Waals surface area contributed by atoms with Gasteiger partial charge >= 0.3 is 0 Å². The molecule has 29 heavy (non-hydrogen) atoms. The number of hydrogen-bond donors (Lipinski definition) is 2. The summed E-state index contributed by atoms with van der Waals surface area (Å²) in [5, 5.41) is 10.3. The van der Waals surface area contributed by atoms with Crippen LogP contribution in [-0.4, -0.2) is 33.3 Å². The van der Waals surface area contributed by atoms with Crippen molar-refractivity contribution < 1.29 is 4.79 Å². The van der Waals surface area contributed by atoms with E-state index in [1.54, 1.807) is 11.3 Å². The van der Waals surface area contributed by atoms with E-state index >= 15 is 0 Å². The molecular weight excluding hydrogens is 408 g/mol. The molecule has 0 amide bonds. The predicted octanol–water partition coefficient (Wildman–Crippen LogP) is 3.08. The first kappa shape index (κ1) is 19.9. The molecule has 2 atom stereocenters. The van der Waals surface area contributed by atoms with Gasteiger partial charge in [0.2, 0.25) is 0 Å². The third kappa shape index (κ3) is 3.32. The number of nitrogens with zero attached hydrogens (tertiary/aromatic N) is 4. The van der Waals surface area contributed by atoms with Crippen molar-refractivity contribution in [1.29, 1.82) is 0 Å². The zero-order chi connectivity index (χ0) is 20.7. The number of aromatic nitrogens is 3. The van der Waals surface area contributed by atoms with Gasteiger partial charge in [-0.1, -0.05) is 23.7 Å². The molecule has 0 bridgehead atoms. The van der Waals surface area contributed by atoms with Crippen LogP contribution in [0.15, 0.2) is 29.3 Å². The van der Waals surface area contributed by atoms with Gasteiger partial charge < -0.3 is 4.79 Å². The number of hydrazine groups is 1. The fourth-order valence-corrected chi connectivity index (χ4v) is 4.95. The smallest absolute Gasteiger partial charge is 0.163 e. The number of carbonyl (C=O) groups is 1. The number of benzene rings is 1. The fourth-order valence-electron chi connectivity index (χ4n) is 3.61. The van der Waals surface area contributed by atoms with Gasteiger partial charge in [0.25, 0.3) is 0 Å². The summed E-state index contributed by atoms with van der Waals surface area (Å²) >= 11 is 7.78. The first-order valence-corrected chi connectivity index (χ1v) is 10.4. The Bertz CT molecular complexity index is 1100. The van der Waals surface area contributed by atoms with Crippen molar-refractivity contribution in [2.45, 2.75) is 26.8 Å². The summed E-state index contributed by atoms with van der Waals surface area (Å²) in [6, 6.07) is 7.07. The molecule has 2 aromatic heterocycles. The minimum atomic E-state index is -0.519. The quantitative estimate of drug-likeness (QED) is 0.369. The van der Waals surface area contributed by atoms with Crippen LogP contribution in [0.1, 0.15) is 39.3 Å². The van der Waals surface area contributed by atoms with Crippen LogP contribution >= 0.6 is 22.9 Å². The molecule has 0 spiro atoms. The number of fused-ring (bicyclic) bond motifs is 3. The Balaban J connectivity index is 2.04. The molecule has 1 unspecified atom stereocenters. The van der Waals surface area contributed by atoms with E-state index in [-0.39, 0.29) is 6.54 Å². The number of aldehydes is 1. The lowest BCUT2D eigenvalue weighted by atomic mass is 9.98. The van der Waals surface area contributed by atoms with E-state index in [1.807, 2.05) is 35.8 Å². The Morgan fingerprint density at radius 1 is 1.28 bits per heavy atom. The first-order chi connectivity index (χ1) is 14.0. The highest BCUT2D eigenvalue weighted by Crippen LogP contribution is 2.40. The second-order valence-electron chi connectivity index (χ2n) is 7.04. The molecule has 150 valence electrons. The van der Waals surface area contributed by atoms with E-state index < -0.39 is 12.0 Å². The lowest BCUT2D eigenvalue weighted by molar-refractivity contribution is -0.111. The average molecular weight is 429 g/mol. The van der Waals surface area contributed by atoms with Gasteiger partial charge in [-0.2, -0.15) is 0 Å². The molecule has 3 heterocycles. The third-order valence-corrected chi connectivity index (χ3v) is 6.69. The SMILES string of the molecule is Cc1sc2c(c1C)C(c1ccc(Cl)cc1)=N[C@@H](C(C=O)CNN)c1nnc(C)n1-2. The maximum absolute atomic E-state index is 11.9. The van der Waals surface area contributed by atoms with Crippen LogP contribution in [0.2, 0.25) is 5.02 Å². The Hall–Kier alpha value is -2.39. The number of thiophene rings is 1. The molecule has 4 rings (SSSR count). The number of hydrogen-bond acceptors (Lipinski definition) is 7. The number of aliphatic imine (C=N–C) groups is 1. The summed E-state index contributed by atoms with van der Waals surface area (Å²) in [6.45, 7) is 6.38. The summed E-state index contributed by atoms with van der Waals surface area (Å²) in [5.41, 5.74) is 6.53. The number of rotatable bonds is 5. The highest BCUT2D eigenvalue weighted by atomic mass is 35.5. The van der Waals surface area contributed by atoms with Crippen molar-refractivity contribution in [1.82, 2.24) is 20.2 Å². The van der Waals surface area contributed by atoms with Crippen LogP contribution in [0.3, 0.4) is 0 Å². The van der Waals surface area contributed by atoms with Crippen molar-refractivity contribution in [2.75, 3.05) is 6.54 Å². The van der Waals surface area contributed by atoms with Gasteiger partial charge in [-0.15, -0.1) is 21.5 Å². The topological polar surface area (TPSA) is 98.2 Å². The van der Waals surface area contributed by atoms with E-state index in [9.17, 15) is 4.79 Å². The van der Waals surface area contributed by atoms with Crippen LogP contribution in [0.4, 0.5) is 0 Å². The van der Waals surface area contributed by atoms with E-state index in [1.165, 1.54) is 4.88 Å². The Kier molecular flexibility index (Phi) is 5.35. The van der Waals surface area contributed by atoms with Gasteiger partial charge in [0.15, 0.2) is 5.82 Å². The molecule has 0 aliphatic carbocycles. The molecule has 3 aromatic rings. The largest absolute Gasteiger partial charge is 0.303 e. The molecule has 0 fully saturated rings. The van der Waals surface area contributed by atoms with Crippen LogP contribution in [0.25, 0.3) is 5.00 Å². The summed E-state index contributed by atoms with van der Waals surface area (Å²) in [5.74, 6) is 6.44. The zero-order valence-electron chi connectivity index (χ0n) is 16.3. The maximum Gasteiger partial charge on any atom is 0.163 e. The summed E-state index contributed by atoms with van der Waals surface area (Å²) in [7, 11) is 0. The standard InChI is InChI=1S/C20H21ClN6OS/c1-10-11(2)29-20-16(10)17(13-4-6-15(21)7-5-13)24-18(14(9-28)8-23-22)19-26-25-12(3)27(19)20/h4-7,9,14,18,23H,8,22H2,1-3H3/t14?,18-/m0/s1. The van der Waals surface area contributed by atoms with Gasteiger partial charge in [0.05, 0.1) is 11.6 Å². The summed E-state index contributed by atoms with van der Waals surface area (Å²) in [4.78, 5) is 18.2. The van der Waals surface area contributed by atoms with Gasteiger partial charge in [0, 0.05) is 27.6 Å². The first-order valence-electron chi connectivity index (χ1n) is 9.21. The molecule has 9 heteroatoms. The minimum absolute atomic E-state index is 0.281. The molecule has 7 nitrogen and oxygen atoms in total. The van der Waals surface area contributed by atoms with Crippen molar-refractivity contribution >= 4 is 34.9 Å². The molecule has 0 saturated heterocycles. The van der Waals surface area contributed by atoms with Gasteiger partial charge in [0.1, 0.15) is 23.2 Å². The normalized spacial score (nSPS) is 16.6. The highest BCUT2D eigenvalue weighted by Gasteiger charge is 2.35. The molecular formula is C20H21ClN6OS. The lowest BCUT2D eigenvalue weighted by Gasteiger charge is -2.18. The lowest BCUT2D eigenvalue weighted by Crippen LogP contribution is -2.33. The predicted molar refractivity (Wildman–Crippen MR) is 115 cm³/mol. The van der Waals surface area contributed by atoms with Crippen molar-refractivity contribution in [2.24, 2.45) is 16.8 Å². The van der Waals surface area contributed by atoms with Crippen LogP contribution in [0.5, 0.6) is 0 Å². The number of carbonyl (C=O) groups excluding carboxylic acids is 1. The van der Waals surface area contributed by atoms with E-state index in [0.717, 1.165) is 39.5 Å². The van der Waals surface area contributed by atoms with Gasteiger partial charge in [-0.05, 0) is 38.5 Å². The minimum Gasteiger partial charge on any atom is -0.303 e. The molecule has 1 aliphatic rings. The van der Waals surface area contributed by atoms with Gasteiger partial charge in [-0.3, -0.25) is 20.8 Å². The average Bonchev–Trinajstić information content (AvgIpc) is 3.17. The van der Waals surface area contributed by atoms with Crippen LogP contribution < -0.4 is 11.3 Å². The third-order valence-electron chi connectivity index (χ3n) is 5.24. The van der Waals surface area contributed by atoms with E-state index in [0.29, 0.717) is 10.8 Å². The Morgan fingerprint density at radius 3 is 2.66 bits per heavy atom. The zero-order valence-corrected chi connectivity index (χ0v) is 17.9.